The molecule has 13 heavy (non-hydrogen) atoms. The second-order valence-corrected chi connectivity index (χ2v) is 3.58. The van der Waals surface area contributed by atoms with Gasteiger partial charge in [0.2, 0.25) is 0 Å². The summed E-state index contributed by atoms with van der Waals surface area (Å²) >= 11 is 3.35. The lowest BCUT2D eigenvalue weighted by Gasteiger charge is -2.15. The molecule has 0 aliphatic rings. The van der Waals surface area contributed by atoms with Crippen molar-refractivity contribution in [1.82, 2.24) is 5.32 Å². The van der Waals surface area contributed by atoms with Gasteiger partial charge < -0.3 is 15.5 Å². The summed E-state index contributed by atoms with van der Waals surface area (Å²) in [6, 6.07) is 4.82. The average Bonchev–Trinajstić information content (AvgIpc) is 2.13. The molecule has 3 nitrogen and oxygen atoms in total. The molecule has 0 radical (unpaired) electrons. The van der Waals surface area contributed by atoms with E-state index in [4.69, 9.17) is 5.11 Å². The first-order valence-corrected chi connectivity index (χ1v) is 4.75. The molecule has 1 aromatic rings. The third-order valence-corrected chi connectivity index (χ3v) is 2.61. The van der Waals surface area contributed by atoms with Crippen LogP contribution in [0.15, 0.2) is 22.7 Å². The molecule has 0 fully saturated rings. The first-order valence-electron chi connectivity index (χ1n) is 3.95. The van der Waals surface area contributed by atoms with Gasteiger partial charge in [0.15, 0.2) is 0 Å². The molecule has 0 amide bonds. The molecule has 0 aliphatic carbocycles. The van der Waals surface area contributed by atoms with Gasteiger partial charge >= 0.3 is 0 Å². The number of aliphatic hydroxyl groups is 1. The van der Waals surface area contributed by atoms with Crippen LogP contribution in [0.4, 0.5) is 0 Å². The Morgan fingerprint density at radius 3 is 2.77 bits per heavy atom. The highest BCUT2D eigenvalue weighted by molar-refractivity contribution is 9.10. The van der Waals surface area contributed by atoms with Gasteiger partial charge in [-0.05, 0) is 30.8 Å². The van der Waals surface area contributed by atoms with Gasteiger partial charge in [-0.15, -0.1) is 0 Å². The van der Waals surface area contributed by atoms with Crippen LogP contribution in [0.5, 0.6) is 5.75 Å². The zero-order chi connectivity index (χ0) is 9.84. The normalized spacial score (nSPS) is 12.8. The fourth-order valence-corrected chi connectivity index (χ4v) is 1.67. The largest absolute Gasteiger partial charge is 0.508 e. The standard InChI is InChI=1S/C9H12BrNO2/c1-11-9(5-12)7-4-6(13)2-3-8(7)10/h2-4,9,11-13H,5H2,1H3/t9-/m0/s1. The summed E-state index contributed by atoms with van der Waals surface area (Å²) in [6.07, 6.45) is 0. The van der Waals surface area contributed by atoms with Crippen LogP contribution in [0.3, 0.4) is 0 Å². The molecule has 72 valence electrons. The van der Waals surface area contributed by atoms with Gasteiger partial charge in [-0.3, -0.25) is 0 Å². The van der Waals surface area contributed by atoms with Crippen molar-refractivity contribution in [1.29, 1.82) is 0 Å². The molecule has 0 aliphatic heterocycles. The van der Waals surface area contributed by atoms with E-state index in [-0.39, 0.29) is 18.4 Å². The van der Waals surface area contributed by atoms with Gasteiger partial charge in [0.25, 0.3) is 0 Å². The van der Waals surface area contributed by atoms with E-state index < -0.39 is 0 Å². The third-order valence-electron chi connectivity index (χ3n) is 1.89. The van der Waals surface area contributed by atoms with Crippen LogP contribution < -0.4 is 5.32 Å². The average molecular weight is 246 g/mol. The molecular weight excluding hydrogens is 234 g/mol. The fourth-order valence-electron chi connectivity index (χ4n) is 1.14. The molecule has 0 aromatic heterocycles. The summed E-state index contributed by atoms with van der Waals surface area (Å²) in [5.41, 5.74) is 0.852. The SMILES string of the molecule is CN[C@@H](CO)c1cc(O)ccc1Br. The van der Waals surface area contributed by atoms with E-state index in [0.717, 1.165) is 10.0 Å². The number of rotatable bonds is 3. The highest BCUT2D eigenvalue weighted by atomic mass is 79.9. The van der Waals surface area contributed by atoms with Crippen molar-refractivity contribution in [3.8, 4) is 5.75 Å². The summed E-state index contributed by atoms with van der Waals surface area (Å²) < 4.78 is 0.874. The van der Waals surface area contributed by atoms with E-state index in [1.807, 2.05) is 0 Å². The van der Waals surface area contributed by atoms with Crippen molar-refractivity contribution >= 4 is 15.9 Å². The Morgan fingerprint density at radius 1 is 1.54 bits per heavy atom. The number of benzene rings is 1. The first-order chi connectivity index (χ1) is 6.19. The van der Waals surface area contributed by atoms with Crippen LogP contribution in [0, 0.1) is 0 Å². The lowest BCUT2D eigenvalue weighted by molar-refractivity contribution is 0.250. The summed E-state index contributed by atoms with van der Waals surface area (Å²) in [5.74, 6) is 0.201. The molecule has 4 heteroatoms. The Kier molecular flexibility index (Phi) is 3.71. The smallest absolute Gasteiger partial charge is 0.115 e. The van der Waals surface area contributed by atoms with Crippen LogP contribution in [-0.2, 0) is 0 Å². The monoisotopic (exact) mass is 245 g/mol. The van der Waals surface area contributed by atoms with Crippen LogP contribution in [-0.4, -0.2) is 23.9 Å². The van der Waals surface area contributed by atoms with Crippen LogP contribution in [0.25, 0.3) is 0 Å². The van der Waals surface area contributed by atoms with E-state index in [0.29, 0.717) is 0 Å². The number of hydrogen-bond acceptors (Lipinski definition) is 3. The summed E-state index contributed by atoms with van der Waals surface area (Å²) in [6.45, 7) is -0.00144. The molecule has 0 bridgehead atoms. The Balaban J connectivity index is 3.03. The highest BCUT2D eigenvalue weighted by Crippen LogP contribution is 2.26. The number of likely N-dealkylation sites (N-methyl/N-ethyl adjacent to an activating group) is 1. The quantitative estimate of drug-likeness (QED) is 0.755. The van der Waals surface area contributed by atoms with Crippen LogP contribution in [0.2, 0.25) is 0 Å². The van der Waals surface area contributed by atoms with Crippen molar-refractivity contribution in [3.63, 3.8) is 0 Å². The van der Waals surface area contributed by atoms with Crippen molar-refractivity contribution < 1.29 is 10.2 Å². The second kappa shape index (κ2) is 4.60. The summed E-state index contributed by atoms with van der Waals surface area (Å²) in [5, 5.41) is 21.2. The molecule has 0 saturated carbocycles. The lowest BCUT2D eigenvalue weighted by atomic mass is 10.1. The molecule has 0 saturated heterocycles. The Bertz CT molecular complexity index is 287. The van der Waals surface area contributed by atoms with Gasteiger partial charge in [-0.25, -0.2) is 0 Å². The molecule has 0 unspecified atom stereocenters. The number of hydrogen-bond donors (Lipinski definition) is 3. The van der Waals surface area contributed by atoms with Gasteiger partial charge in [-0.1, -0.05) is 15.9 Å². The van der Waals surface area contributed by atoms with Crippen molar-refractivity contribution in [2.75, 3.05) is 13.7 Å². The number of nitrogens with one attached hydrogen (secondary N) is 1. The Labute approximate surface area is 85.5 Å². The number of phenolic OH excluding ortho intramolecular Hbond substituents is 1. The predicted octanol–water partition coefficient (Wildman–Crippen LogP) is 1.41. The van der Waals surface area contributed by atoms with E-state index >= 15 is 0 Å². The maximum Gasteiger partial charge on any atom is 0.115 e. The zero-order valence-electron chi connectivity index (χ0n) is 7.29. The Morgan fingerprint density at radius 2 is 2.23 bits per heavy atom. The molecule has 3 N–H and O–H groups in total. The van der Waals surface area contributed by atoms with Crippen molar-refractivity contribution in [3.05, 3.63) is 28.2 Å². The molecule has 1 rings (SSSR count). The third kappa shape index (κ3) is 2.43. The van der Waals surface area contributed by atoms with E-state index in [9.17, 15) is 5.11 Å². The number of aliphatic hydroxyl groups excluding tert-OH is 1. The topological polar surface area (TPSA) is 52.5 Å². The number of phenols is 1. The van der Waals surface area contributed by atoms with Crippen LogP contribution >= 0.6 is 15.9 Å². The second-order valence-electron chi connectivity index (χ2n) is 2.73. The fraction of sp³-hybridized carbons (Fsp3) is 0.333. The van der Waals surface area contributed by atoms with E-state index in [1.165, 1.54) is 0 Å². The highest BCUT2D eigenvalue weighted by Gasteiger charge is 2.11. The first kappa shape index (κ1) is 10.5. The predicted molar refractivity (Wildman–Crippen MR) is 54.7 cm³/mol. The maximum atomic E-state index is 9.25. The maximum absolute atomic E-state index is 9.25. The zero-order valence-corrected chi connectivity index (χ0v) is 8.87. The van der Waals surface area contributed by atoms with Gasteiger partial charge in [0.1, 0.15) is 5.75 Å². The summed E-state index contributed by atoms with van der Waals surface area (Å²) in [7, 11) is 1.76. The minimum atomic E-state index is -0.151. The van der Waals surface area contributed by atoms with Gasteiger partial charge in [0.05, 0.1) is 12.6 Å². The van der Waals surface area contributed by atoms with Gasteiger partial charge in [-0.2, -0.15) is 0 Å². The molecule has 1 atom stereocenters. The van der Waals surface area contributed by atoms with Gasteiger partial charge in [0, 0.05) is 4.47 Å². The van der Waals surface area contributed by atoms with Crippen LogP contribution in [0.1, 0.15) is 11.6 Å². The van der Waals surface area contributed by atoms with Crippen molar-refractivity contribution in [2.24, 2.45) is 0 Å². The lowest BCUT2D eigenvalue weighted by Crippen LogP contribution is -2.20. The molecular formula is C9H12BrNO2. The Hall–Kier alpha value is -0.580. The number of aromatic hydroxyl groups is 1. The number of halogens is 1. The van der Waals surface area contributed by atoms with E-state index in [1.54, 1.807) is 25.2 Å². The van der Waals surface area contributed by atoms with E-state index in [2.05, 4.69) is 21.2 Å². The minimum absolute atomic E-state index is 0.00144. The van der Waals surface area contributed by atoms with Crippen molar-refractivity contribution in [2.45, 2.75) is 6.04 Å². The molecule has 0 heterocycles. The summed E-state index contributed by atoms with van der Waals surface area (Å²) in [4.78, 5) is 0. The minimum Gasteiger partial charge on any atom is -0.508 e. The molecule has 1 aromatic carbocycles. The molecule has 0 spiro atoms.